The molecule has 124 valence electrons. The molecule has 0 radical (unpaired) electrons. The maximum Gasteiger partial charge on any atom is 0.355 e. The molecule has 0 aliphatic carbocycles. The van der Waals surface area contributed by atoms with Crippen molar-refractivity contribution in [1.82, 2.24) is 0 Å². The smallest absolute Gasteiger partial charge is 0.355 e. The number of ether oxygens (including phenoxy) is 1. The van der Waals surface area contributed by atoms with Gasteiger partial charge >= 0.3 is 5.97 Å². The van der Waals surface area contributed by atoms with Crippen molar-refractivity contribution in [2.75, 3.05) is 24.5 Å². The lowest BCUT2D eigenvalue weighted by molar-refractivity contribution is -0.152. The third-order valence-electron chi connectivity index (χ3n) is 2.81. The van der Waals surface area contributed by atoms with Gasteiger partial charge in [0.25, 0.3) is 4.93 Å². The molecule has 1 aromatic rings. The molecule has 0 saturated carbocycles. The van der Waals surface area contributed by atoms with Gasteiger partial charge in [-0.05, 0) is 24.3 Å². The van der Waals surface area contributed by atoms with Crippen molar-refractivity contribution in [2.24, 2.45) is 0 Å². The molecule has 0 aliphatic rings. The second-order valence-electron chi connectivity index (χ2n) is 4.35. The summed E-state index contributed by atoms with van der Waals surface area (Å²) in [6, 6.07) is 4.69. The Morgan fingerprint density at radius 2 is 1.73 bits per heavy atom. The third kappa shape index (κ3) is 3.38. The molecule has 0 bridgehead atoms. The molecule has 0 aliphatic heterocycles. The van der Waals surface area contributed by atoms with Crippen molar-refractivity contribution in [3.63, 3.8) is 0 Å². The van der Waals surface area contributed by atoms with Gasteiger partial charge in [0.2, 0.25) is 9.84 Å². The number of nitrogen functional groups attached to an aromatic ring is 1. The molecule has 1 rings (SSSR count). The van der Waals surface area contributed by atoms with Crippen molar-refractivity contribution in [1.29, 1.82) is 0 Å². The minimum atomic E-state index is -4.89. The third-order valence-corrected chi connectivity index (χ3v) is 6.46. The summed E-state index contributed by atoms with van der Waals surface area (Å²) in [6.07, 6.45) is 0. The van der Waals surface area contributed by atoms with Crippen LogP contribution in [0.15, 0.2) is 29.2 Å². The summed E-state index contributed by atoms with van der Waals surface area (Å²) >= 11 is 0. The van der Waals surface area contributed by atoms with E-state index in [1.807, 2.05) is 0 Å². The van der Waals surface area contributed by atoms with Gasteiger partial charge < -0.3 is 20.7 Å². The highest BCUT2D eigenvalue weighted by Crippen LogP contribution is 2.24. The Kier molecular flexibility index (Phi) is 5.18. The summed E-state index contributed by atoms with van der Waals surface area (Å²) in [5.41, 5.74) is 5.68. The molecule has 4 N–H and O–H groups in total. The van der Waals surface area contributed by atoms with Gasteiger partial charge in [0.1, 0.15) is 11.7 Å². The molecule has 0 fully saturated rings. The molecule has 22 heavy (non-hydrogen) atoms. The van der Waals surface area contributed by atoms with Crippen LogP contribution < -0.4 is 5.73 Å². The van der Waals surface area contributed by atoms with Crippen LogP contribution in [0.5, 0.6) is 0 Å². The van der Waals surface area contributed by atoms with Crippen molar-refractivity contribution in [3.05, 3.63) is 24.3 Å². The van der Waals surface area contributed by atoms with Crippen molar-refractivity contribution in [3.8, 4) is 0 Å². The van der Waals surface area contributed by atoms with Gasteiger partial charge in [-0.2, -0.15) is 0 Å². The standard InChI is InChI=1S/C11H15NO8S2/c1-20-10(14)11(15,22(18,19)7-13)6-21(16,17)9-4-2-8(12)3-5-9/h2-5,13,15H,6-7,12H2,1H3. The monoisotopic (exact) mass is 353 g/mol. The lowest BCUT2D eigenvalue weighted by Crippen LogP contribution is -2.53. The van der Waals surface area contributed by atoms with E-state index in [1.54, 1.807) is 0 Å². The number of hydrogen-bond acceptors (Lipinski definition) is 9. The van der Waals surface area contributed by atoms with Crippen molar-refractivity contribution in [2.45, 2.75) is 9.83 Å². The fourth-order valence-corrected chi connectivity index (χ4v) is 4.64. The van der Waals surface area contributed by atoms with Crippen molar-refractivity contribution >= 4 is 31.3 Å². The van der Waals surface area contributed by atoms with Crippen LogP contribution in [0.2, 0.25) is 0 Å². The number of methoxy groups -OCH3 is 1. The minimum Gasteiger partial charge on any atom is -0.466 e. The number of carbonyl (C=O) groups is 1. The van der Waals surface area contributed by atoms with E-state index < -0.39 is 42.3 Å². The quantitative estimate of drug-likeness (QED) is 0.398. The zero-order valence-electron chi connectivity index (χ0n) is 11.5. The summed E-state index contributed by atoms with van der Waals surface area (Å²) in [7, 11) is -8.49. The Morgan fingerprint density at radius 1 is 1.23 bits per heavy atom. The molecule has 1 atom stereocenters. The predicted molar refractivity (Wildman–Crippen MR) is 75.9 cm³/mol. The van der Waals surface area contributed by atoms with Crippen LogP contribution in [-0.2, 0) is 29.2 Å². The molecule has 0 saturated heterocycles. The zero-order valence-corrected chi connectivity index (χ0v) is 13.1. The van der Waals surface area contributed by atoms with Gasteiger partial charge in [0.05, 0.1) is 12.0 Å². The Morgan fingerprint density at radius 3 is 2.14 bits per heavy atom. The maximum atomic E-state index is 12.2. The lowest BCUT2D eigenvalue weighted by atomic mass is 10.3. The minimum absolute atomic E-state index is 0.269. The number of hydrogen-bond donors (Lipinski definition) is 3. The SMILES string of the molecule is COC(=O)C(O)(CS(=O)(=O)c1ccc(N)cc1)S(=O)(=O)CO. The highest BCUT2D eigenvalue weighted by molar-refractivity contribution is 7.96. The molecule has 0 heterocycles. The topological polar surface area (TPSA) is 161 Å². The summed E-state index contributed by atoms with van der Waals surface area (Å²) in [5.74, 6) is -4.84. The molecule has 1 unspecified atom stereocenters. The number of nitrogens with two attached hydrogens (primary N) is 1. The van der Waals surface area contributed by atoms with Crippen LogP contribution in [-0.4, -0.2) is 56.8 Å². The molecule has 0 aromatic heterocycles. The van der Waals surface area contributed by atoms with E-state index in [-0.39, 0.29) is 10.6 Å². The fourth-order valence-electron chi connectivity index (χ4n) is 1.56. The van der Waals surface area contributed by atoms with Gasteiger partial charge in [0.15, 0.2) is 9.84 Å². The highest BCUT2D eigenvalue weighted by atomic mass is 32.2. The first-order valence-corrected chi connectivity index (χ1v) is 9.03. The van der Waals surface area contributed by atoms with E-state index in [9.17, 15) is 26.7 Å². The van der Waals surface area contributed by atoms with E-state index in [0.29, 0.717) is 0 Å². The number of rotatable bonds is 6. The molecule has 9 nitrogen and oxygen atoms in total. The molecular formula is C11H15NO8S2. The van der Waals surface area contributed by atoms with E-state index in [2.05, 4.69) is 4.74 Å². The van der Waals surface area contributed by atoms with Gasteiger partial charge in [-0.3, -0.25) is 0 Å². The molecule has 1 aromatic carbocycles. The van der Waals surface area contributed by atoms with Crippen LogP contribution in [0.25, 0.3) is 0 Å². The summed E-state index contributed by atoms with van der Waals surface area (Å²) < 4.78 is 51.9. The lowest BCUT2D eigenvalue weighted by Gasteiger charge is -2.23. The normalized spacial score (nSPS) is 15.0. The van der Waals surface area contributed by atoms with Crippen LogP contribution in [0, 0.1) is 0 Å². The number of sulfone groups is 2. The van der Waals surface area contributed by atoms with Gasteiger partial charge in [0, 0.05) is 5.69 Å². The van der Waals surface area contributed by atoms with Crippen molar-refractivity contribution < 1.29 is 36.6 Å². The van der Waals surface area contributed by atoms with E-state index in [4.69, 9.17) is 10.8 Å². The van der Waals surface area contributed by atoms with Crippen LogP contribution in [0.3, 0.4) is 0 Å². The molecule has 0 spiro atoms. The van der Waals surface area contributed by atoms with Crippen LogP contribution in [0.1, 0.15) is 0 Å². The first kappa shape index (κ1) is 18.4. The average molecular weight is 353 g/mol. The second-order valence-corrected chi connectivity index (χ2v) is 8.50. The number of benzene rings is 1. The highest BCUT2D eigenvalue weighted by Gasteiger charge is 2.53. The summed E-state index contributed by atoms with van der Waals surface area (Å²) in [5, 5.41) is 18.8. The number of anilines is 1. The van der Waals surface area contributed by atoms with E-state index in [0.717, 1.165) is 19.2 Å². The molecule has 0 amide bonds. The Hall–Kier alpha value is -1.69. The first-order valence-electron chi connectivity index (χ1n) is 5.72. The number of aliphatic hydroxyl groups is 2. The van der Waals surface area contributed by atoms with Gasteiger partial charge in [-0.15, -0.1) is 0 Å². The molecule has 11 heteroatoms. The van der Waals surface area contributed by atoms with Crippen LogP contribution in [0.4, 0.5) is 5.69 Å². The first-order chi connectivity index (χ1) is 10.00. The Balaban J connectivity index is 3.37. The maximum absolute atomic E-state index is 12.2. The fraction of sp³-hybridized carbons (Fsp3) is 0.364. The van der Waals surface area contributed by atoms with Gasteiger partial charge in [-0.25, -0.2) is 21.6 Å². The number of esters is 1. The Labute approximate surface area is 127 Å². The predicted octanol–water partition coefficient (Wildman–Crippen LogP) is -1.73. The summed E-state index contributed by atoms with van der Waals surface area (Å²) in [6.45, 7) is 0. The van der Waals surface area contributed by atoms with Crippen LogP contribution >= 0.6 is 0 Å². The molecular weight excluding hydrogens is 338 g/mol. The average Bonchev–Trinajstić information content (AvgIpc) is 2.45. The van der Waals surface area contributed by atoms with E-state index in [1.165, 1.54) is 12.1 Å². The second kappa shape index (κ2) is 6.20. The number of aliphatic hydroxyl groups excluding tert-OH is 1. The largest absolute Gasteiger partial charge is 0.466 e. The number of carbonyl (C=O) groups excluding carboxylic acids is 1. The van der Waals surface area contributed by atoms with Gasteiger partial charge in [-0.1, -0.05) is 0 Å². The van der Waals surface area contributed by atoms with E-state index >= 15 is 0 Å². The Bertz CT molecular complexity index is 754. The summed E-state index contributed by atoms with van der Waals surface area (Å²) in [4.78, 5) is 7.79. The zero-order chi connectivity index (χ0) is 17.2.